The lowest BCUT2D eigenvalue weighted by molar-refractivity contribution is -0.122. The SMILES string of the molecule is CC1Cc2ccccc2N1C(=O)COC(=O)c1ccc(Br)s1. The number of nitrogens with zero attached hydrogens (tertiary/aromatic N) is 1. The van der Waals surface area contributed by atoms with Gasteiger partial charge in [-0.1, -0.05) is 18.2 Å². The summed E-state index contributed by atoms with van der Waals surface area (Å²) in [5.41, 5.74) is 2.06. The highest BCUT2D eigenvalue weighted by molar-refractivity contribution is 9.11. The highest BCUT2D eigenvalue weighted by Gasteiger charge is 2.31. The highest BCUT2D eigenvalue weighted by atomic mass is 79.9. The predicted octanol–water partition coefficient (Wildman–Crippen LogP) is 3.65. The zero-order valence-corrected chi connectivity index (χ0v) is 14.3. The molecule has 114 valence electrons. The minimum atomic E-state index is -0.468. The van der Waals surface area contributed by atoms with Crippen molar-refractivity contribution in [3.63, 3.8) is 0 Å². The van der Waals surface area contributed by atoms with E-state index >= 15 is 0 Å². The van der Waals surface area contributed by atoms with Crippen molar-refractivity contribution in [2.24, 2.45) is 0 Å². The first-order valence-corrected chi connectivity index (χ1v) is 8.49. The quantitative estimate of drug-likeness (QED) is 0.764. The molecule has 1 aromatic carbocycles. The third-order valence-corrected chi connectivity index (χ3v) is 5.18. The highest BCUT2D eigenvalue weighted by Crippen LogP contribution is 2.31. The summed E-state index contributed by atoms with van der Waals surface area (Å²) in [4.78, 5) is 26.5. The molecule has 0 bridgehead atoms. The molecule has 2 heterocycles. The molecular formula is C16H14BrNO3S. The molecule has 0 fully saturated rings. The Kier molecular flexibility index (Phi) is 4.31. The van der Waals surface area contributed by atoms with Crippen molar-refractivity contribution in [2.75, 3.05) is 11.5 Å². The molecule has 1 amide bonds. The van der Waals surface area contributed by atoms with Crippen molar-refractivity contribution in [1.29, 1.82) is 0 Å². The molecule has 2 aromatic rings. The van der Waals surface area contributed by atoms with Gasteiger partial charge in [-0.05, 0) is 53.0 Å². The average Bonchev–Trinajstić information content (AvgIpc) is 3.07. The van der Waals surface area contributed by atoms with Gasteiger partial charge < -0.3 is 9.64 Å². The molecule has 1 aliphatic rings. The summed E-state index contributed by atoms with van der Waals surface area (Å²) in [5, 5.41) is 0. The number of hydrogen-bond acceptors (Lipinski definition) is 4. The molecule has 0 spiro atoms. The van der Waals surface area contributed by atoms with Crippen LogP contribution in [0.25, 0.3) is 0 Å². The van der Waals surface area contributed by atoms with Crippen molar-refractivity contribution in [3.8, 4) is 0 Å². The van der Waals surface area contributed by atoms with Crippen LogP contribution in [0.2, 0.25) is 0 Å². The van der Waals surface area contributed by atoms with Crippen LogP contribution in [-0.4, -0.2) is 24.5 Å². The van der Waals surface area contributed by atoms with Gasteiger partial charge in [0.2, 0.25) is 0 Å². The van der Waals surface area contributed by atoms with E-state index in [2.05, 4.69) is 15.9 Å². The van der Waals surface area contributed by atoms with Crippen LogP contribution in [0.5, 0.6) is 0 Å². The Morgan fingerprint density at radius 2 is 2.09 bits per heavy atom. The third-order valence-electron chi connectivity index (χ3n) is 3.58. The third kappa shape index (κ3) is 2.94. The topological polar surface area (TPSA) is 46.6 Å². The number of thiophene rings is 1. The van der Waals surface area contributed by atoms with Crippen LogP contribution in [0.15, 0.2) is 40.2 Å². The van der Waals surface area contributed by atoms with Gasteiger partial charge in [0.15, 0.2) is 6.61 Å². The molecule has 0 saturated heterocycles. The van der Waals surface area contributed by atoms with Crippen LogP contribution in [0, 0.1) is 0 Å². The summed E-state index contributed by atoms with van der Waals surface area (Å²) in [6, 6.07) is 11.4. The fraction of sp³-hybridized carbons (Fsp3) is 0.250. The number of amides is 1. The zero-order chi connectivity index (χ0) is 15.7. The number of rotatable bonds is 3. The van der Waals surface area contributed by atoms with E-state index in [1.165, 1.54) is 11.3 Å². The summed E-state index contributed by atoms with van der Waals surface area (Å²) in [6.45, 7) is 1.75. The Morgan fingerprint density at radius 3 is 2.82 bits per heavy atom. The van der Waals surface area contributed by atoms with E-state index in [0.29, 0.717) is 4.88 Å². The van der Waals surface area contributed by atoms with E-state index in [1.807, 2.05) is 31.2 Å². The van der Waals surface area contributed by atoms with E-state index in [0.717, 1.165) is 21.5 Å². The van der Waals surface area contributed by atoms with Crippen LogP contribution in [0.3, 0.4) is 0 Å². The normalized spacial score (nSPS) is 16.5. The Morgan fingerprint density at radius 1 is 1.32 bits per heavy atom. The standard InChI is InChI=1S/C16H14BrNO3S/c1-10-8-11-4-2-3-5-12(11)18(10)15(19)9-21-16(20)13-6-7-14(17)22-13/h2-7,10H,8-9H2,1H3. The maximum absolute atomic E-state index is 12.4. The number of fused-ring (bicyclic) bond motifs is 1. The van der Waals surface area contributed by atoms with Crippen molar-refractivity contribution in [3.05, 3.63) is 50.6 Å². The Bertz CT molecular complexity index is 728. The Balaban J connectivity index is 1.66. The van der Waals surface area contributed by atoms with E-state index in [1.54, 1.807) is 17.0 Å². The fourth-order valence-electron chi connectivity index (χ4n) is 2.64. The lowest BCUT2D eigenvalue weighted by Crippen LogP contribution is -2.38. The van der Waals surface area contributed by atoms with Gasteiger partial charge in [0, 0.05) is 11.7 Å². The summed E-state index contributed by atoms with van der Waals surface area (Å²) in [6.07, 6.45) is 0.827. The number of ether oxygens (including phenoxy) is 1. The summed E-state index contributed by atoms with van der Waals surface area (Å²) in [7, 11) is 0. The van der Waals surface area contributed by atoms with Crippen LogP contribution in [-0.2, 0) is 16.0 Å². The van der Waals surface area contributed by atoms with Gasteiger partial charge in [-0.2, -0.15) is 0 Å². The first kappa shape index (κ1) is 15.2. The Labute approximate surface area is 140 Å². The first-order chi connectivity index (χ1) is 10.6. The summed E-state index contributed by atoms with van der Waals surface area (Å²) < 4.78 is 5.99. The molecule has 0 N–H and O–H groups in total. The molecule has 4 nitrogen and oxygen atoms in total. The fourth-order valence-corrected chi connectivity index (χ4v) is 3.92. The summed E-state index contributed by atoms with van der Waals surface area (Å²) in [5.74, 6) is -0.661. The molecule has 3 rings (SSSR count). The monoisotopic (exact) mass is 379 g/mol. The number of anilines is 1. The van der Waals surface area contributed by atoms with Crippen molar-refractivity contribution in [2.45, 2.75) is 19.4 Å². The maximum Gasteiger partial charge on any atom is 0.348 e. The maximum atomic E-state index is 12.4. The van der Waals surface area contributed by atoms with Gasteiger partial charge in [0.05, 0.1) is 3.79 Å². The molecular weight excluding hydrogens is 366 g/mol. The number of benzene rings is 1. The van der Waals surface area contributed by atoms with Gasteiger partial charge in [0.1, 0.15) is 4.88 Å². The number of para-hydroxylation sites is 1. The lowest BCUT2D eigenvalue weighted by atomic mass is 10.1. The number of hydrogen-bond donors (Lipinski definition) is 0. The van der Waals surface area contributed by atoms with Crippen molar-refractivity contribution >= 4 is 44.8 Å². The van der Waals surface area contributed by atoms with E-state index in [-0.39, 0.29) is 18.6 Å². The number of halogens is 1. The van der Waals surface area contributed by atoms with Gasteiger partial charge in [-0.25, -0.2) is 4.79 Å². The predicted molar refractivity (Wildman–Crippen MR) is 89.4 cm³/mol. The first-order valence-electron chi connectivity index (χ1n) is 6.88. The second kappa shape index (κ2) is 6.22. The number of carbonyl (C=O) groups excluding carboxylic acids is 2. The smallest absolute Gasteiger partial charge is 0.348 e. The summed E-state index contributed by atoms with van der Waals surface area (Å²) >= 11 is 4.58. The molecule has 1 aliphatic heterocycles. The molecule has 6 heteroatoms. The van der Waals surface area contributed by atoms with Crippen molar-refractivity contribution < 1.29 is 14.3 Å². The molecule has 1 atom stereocenters. The Hall–Kier alpha value is -1.66. The average molecular weight is 380 g/mol. The molecule has 0 radical (unpaired) electrons. The van der Waals surface area contributed by atoms with E-state index < -0.39 is 5.97 Å². The molecule has 22 heavy (non-hydrogen) atoms. The van der Waals surface area contributed by atoms with Crippen LogP contribution in [0.1, 0.15) is 22.2 Å². The largest absolute Gasteiger partial charge is 0.451 e. The van der Waals surface area contributed by atoms with Gasteiger partial charge in [0.25, 0.3) is 5.91 Å². The molecule has 0 aliphatic carbocycles. The van der Waals surface area contributed by atoms with Gasteiger partial charge in [-0.3, -0.25) is 4.79 Å². The molecule has 0 saturated carbocycles. The minimum Gasteiger partial charge on any atom is -0.451 e. The van der Waals surface area contributed by atoms with Crippen LogP contribution < -0.4 is 4.90 Å². The molecule has 1 aromatic heterocycles. The van der Waals surface area contributed by atoms with Crippen LogP contribution >= 0.6 is 27.3 Å². The minimum absolute atomic E-state index is 0.0829. The van der Waals surface area contributed by atoms with E-state index in [9.17, 15) is 9.59 Å². The second-order valence-corrected chi connectivity index (χ2v) is 7.59. The molecule has 1 unspecified atom stereocenters. The van der Waals surface area contributed by atoms with Gasteiger partial charge in [-0.15, -0.1) is 11.3 Å². The van der Waals surface area contributed by atoms with Gasteiger partial charge >= 0.3 is 5.97 Å². The van der Waals surface area contributed by atoms with Crippen molar-refractivity contribution in [1.82, 2.24) is 0 Å². The number of esters is 1. The number of carbonyl (C=O) groups is 2. The van der Waals surface area contributed by atoms with Crippen LogP contribution in [0.4, 0.5) is 5.69 Å². The second-order valence-electron chi connectivity index (χ2n) is 5.13. The zero-order valence-electron chi connectivity index (χ0n) is 11.9. The van der Waals surface area contributed by atoms with E-state index in [4.69, 9.17) is 4.74 Å². The lowest BCUT2D eigenvalue weighted by Gasteiger charge is -2.22.